The molecule has 0 bridgehead atoms. The molecule has 21 heavy (non-hydrogen) atoms. The predicted octanol–water partition coefficient (Wildman–Crippen LogP) is 1.59. The van der Waals surface area contributed by atoms with Crippen LogP contribution in [0.15, 0.2) is 12.7 Å². The van der Waals surface area contributed by atoms with Crippen LogP contribution in [0, 0.1) is 0 Å². The van der Waals surface area contributed by atoms with Gasteiger partial charge in [0, 0.05) is 0 Å². The molecule has 3 fully saturated rings. The Labute approximate surface area is 125 Å². The molecule has 0 spiro atoms. The van der Waals surface area contributed by atoms with Gasteiger partial charge in [-0.15, -0.1) is 6.58 Å². The van der Waals surface area contributed by atoms with Crippen LogP contribution >= 0.6 is 0 Å². The van der Waals surface area contributed by atoms with Crippen LogP contribution in [-0.2, 0) is 28.4 Å². The predicted molar refractivity (Wildman–Crippen MR) is 73.5 cm³/mol. The van der Waals surface area contributed by atoms with Gasteiger partial charge in [0.1, 0.15) is 24.4 Å². The van der Waals surface area contributed by atoms with Gasteiger partial charge in [0.05, 0.1) is 13.2 Å². The first kappa shape index (κ1) is 15.4. The van der Waals surface area contributed by atoms with Gasteiger partial charge in [-0.2, -0.15) is 0 Å². The highest BCUT2D eigenvalue weighted by Gasteiger charge is 2.58. The van der Waals surface area contributed by atoms with Crippen molar-refractivity contribution in [2.45, 2.75) is 70.0 Å². The minimum atomic E-state index is -0.685. The van der Waals surface area contributed by atoms with Crippen molar-refractivity contribution in [3.05, 3.63) is 12.7 Å². The van der Waals surface area contributed by atoms with Crippen LogP contribution in [-0.4, -0.2) is 55.5 Å². The maximum Gasteiger partial charge on any atom is 0.187 e. The topological polar surface area (TPSA) is 55.4 Å². The van der Waals surface area contributed by atoms with Crippen molar-refractivity contribution in [3.8, 4) is 0 Å². The van der Waals surface area contributed by atoms with Crippen LogP contribution < -0.4 is 0 Å². The first-order valence-corrected chi connectivity index (χ1v) is 7.37. The summed E-state index contributed by atoms with van der Waals surface area (Å²) in [6.07, 6.45) is 0.148. The molecule has 0 aromatic rings. The van der Waals surface area contributed by atoms with Gasteiger partial charge in [-0.25, -0.2) is 0 Å². The fraction of sp³-hybridized carbons (Fsp3) is 0.867. The van der Waals surface area contributed by atoms with Crippen LogP contribution in [0.1, 0.15) is 27.7 Å². The number of hydrogen-bond acceptors (Lipinski definition) is 6. The Morgan fingerprint density at radius 3 is 2.43 bits per heavy atom. The molecule has 6 nitrogen and oxygen atoms in total. The number of ether oxygens (including phenoxy) is 6. The SMILES string of the molecule is C=CCO[C@H]1O[C@@H]2COC(C)(C)O[C@H]2[C@@H]2OC(C)(C)O[C@@H]12. The van der Waals surface area contributed by atoms with Gasteiger partial charge >= 0.3 is 0 Å². The number of hydrogen-bond donors (Lipinski definition) is 0. The third-order valence-electron chi connectivity index (χ3n) is 3.82. The fourth-order valence-electron chi connectivity index (χ4n) is 3.04. The summed E-state index contributed by atoms with van der Waals surface area (Å²) in [6.45, 7) is 12.0. The number of fused-ring (bicyclic) bond motifs is 3. The zero-order valence-electron chi connectivity index (χ0n) is 13.0. The summed E-state index contributed by atoms with van der Waals surface area (Å²) in [5, 5.41) is 0. The number of rotatable bonds is 3. The van der Waals surface area contributed by atoms with Gasteiger partial charge in [-0.1, -0.05) is 6.08 Å². The molecule has 0 saturated carbocycles. The highest BCUT2D eigenvalue weighted by Crippen LogP contribution is 2.42. The summed E-state index contributed by atoms with van der Waals surface area (Å²) in [5.41, 5.74) is 0. The van der Waals surface area contributed by atoms with Crippen molar-refractivity contribution in [3.63, 3.8) is 0 Å². The second-order valence-electron chi connectivity index (χ2n) is 6.52. The molecule has 0 aromatic carbocycles. The Balaban J connectivity index is 1.81. The van der Waals surface area contributed by atoms with Crippen molar-refractivity contribution < 1.29 is 28.4 Å². The van der Waals surface area contributed by atoms with Crippen molar-refractivity contribution in [1.29, 1.82) is 0 Å². The van der Waals surface area contributed by atoms with E-state index in [1.807, 2.05) is 27.7 Å². The normalized spacial score (nSPS) is 43.9. The summed E-state index contributed by atoms with van der Waals surface area (Å²) in [6, 6.07) is 0. The first-order chi connectivity index (χ1) is 9.81. The quantitative estimate of drug-likeness (QED) is 0.738. The molecule has 3 aliphatic rings. The smallest absolute Gasteiger partial charge is 0.187 e. The molecule has 3 saturated heterocycles. The Kier molecular flexibility index (Phi) is 3.88. The van der Waals surface area contributed by atoms with E-state index >= 15 is 0 Å². The Bertz CT molecular complexity index is 407. The molecule has 0 aliphatic carbocycles. The molecule has 120 valence electrons. The summed E-state index contributed by atoms with van der Waals surface area (Å²) >= 11 is 0. The molecule has 0 amide bonds. The largest absolute Gasteiger partial charge is 0.348 e. The second kappa shape index (κ2) is 5.30. The minimum Gasteiger partial charge on any atom is -0.348 e. The zero-order chi connectivity index (χ0) is 15.3. The Hall–Kier alpha value is -0.500. The second-order valence-corrected chi connectivity index (χ2v) is 6.52. The summed E-state index contributed by atoms with van der Waals surface area (Å²) < 4.78 is 35.3. The highest BCUT2D eigenvalue weighted by atomic mass is 16.8. The summed E-state index contributed by atoms with van der Waals surface area (Å²) in [5.74, 6) is -1.34. The standard InChI is InChI=1S/C15H24O6/c1-6-7-16-13-12-11(20-15(4,5)21-12)10-9(18-13)8-17-14(2,3)19-10/h6,9-13H,1,7-8H2,2-5H3/t9-,10-,11+,12-,13+/m1/s1. The van der Waals surface area contributed by atoms with Gasteiger partial charge < -0.3 is 28.4 Å². The average Bonchev–Trinajstić information content (AvgIpc) is 2.71. The molecule has 3 heterocycles. The van der Waals surface area contributed by atoms with E-state index in [1.165, 1.54) is 0 Å². The lowest BCUT2D eigenvalue weighted by Gasteiger charge is -2.48. The van der Waals surface area contributed by atoms with E-state index in [-0.39, 0.29) is 24.4 Å². The van der Waals surface area contributed by atoms with Gasteiger partial charge in [-0.3, -0.25) is 0 Å². The van der Waals surface area contributed by atoms with Gasteiger partial charge in [0.2, 0.25) is 0 Å². The molecule has 6 heteroatoms. The molecular formula is C15H24O6. The average molecular weight is 300 g/mol. The van der Waals surface area contributed by atoms with E-state index in [2.05, 4.69) is 6.58 Å². The molecular weight excluding hydrogens is 276 g/mol. The first-order valence-electron chi connectivity index (χ1n) is 7.37. The van der Waals surface area contributed by atoms with E-state index < -0.39 is 17.9 Å². The van der Waals surface area contributed by atoms with Gasteiger partial charge in [-0.05, 0) is 27.7 Å². The van der Waals surface area contributed by atoms with Crippen molar-refractivity contribution in [2.24, 2.45) is 0 Å². The van der Waals surface area contributed by atoms with Crippen LogP contribution in [0.4, 0.5) is 0 Å². The van der Waals surface area contributed by atoms with Crippen molar-refractivity contribution in [2.75, 3.05) is 13.2 Å². The maximum absolute atomic E-state index is 6.04. The monoisotopic (exact) mass is 300 g/mol. The Morgan fingerprint density at radius 1 is 1.05 bits per heavy atom. The molecule has 3 rings (SSSR count). The van der Waals surface area contributed by atoms with Gasteiger partial charge in [0.25, 0.3) is 0 Å². The van der Waals surface area contributed by atoms with Crippen molar-refractivity contribution in [1.82, 2.24) is 0 Å². The van der Waals surface area contributed by atoms with Gasteiger partial charge in [0.15, 0.2) is 17.9 Å². The Morgan fingerprint density at radius 2 is 1.71 bits per heavy atom. The van der Waals surface area contributed by atoms with E-state index in [1.54, 1.807) is 6.08 Å². The van der Waals surface area contributed by atoms with E-state index in [9.17, 15) is 0 Å². The molecule has 0 radical (unpaired) electrons. The third-order valence-corrected chi connectivity index (χ3v) is 3.82. The van der Waals surface area contributed by atoms with E-state index in [4.69, 9.17) is 28.4 Å². The maximum atomic E-state index is 6.04. The van der Waals surface area contributed by atoms with Crippen LogP contribution in [0.25, 0.3) is 0 Å². The zero-order valence-corrected chi connectivity index (χ0v) is 13.0. The third kappa shape index (κ3) is 3.02. The molecule has 5 atom stereocenters. The molecule has 0 N–H and O–H groups in total. The summed E-state index contributed by atoms with van der Waals surface area (Å²) in [4.78, 5) is 0. The lowest BCUT2D eigenvalue weighted by molar-refractivity contribution is -0.369. The lowest BCUT2D eigenvalue weighted by atomic mass is 9.97. The van der Waals surface area contributed by atoms with Crippen LogP contribution in [0.2, 0.25) is 0 Å². The van der Waals surface area contributed by atoms with Crippen molar-refractivity contribution >= 4 is 0 Å². The minimum absolute atomic E-state index is 0.230. The molecule has 0 unspecified atom stereocenters. The van der Waals surface area contributed by atoms with Crippen LogP contribution in [0.3, 0.4) is 0 Å². The molecule has 3 aliphatic heterocycles. The highest BCUT2D eigenvalue weighted by molar-refractivity contribution is 4.99. The molecule has 0 aromatic heterocycles. The van der Waals surface area contributed by atoms with E-state index in [0.717, 1.165) is 0 Å². The van der Waals surface area contributed by atoms with Crippen LogP contribution in [0.5, 0.6) is 0 Å². The summed E-state index contributed by atoms with van der Waals surface area (Å²) in [7, 11) is 0. The lowest BCUT2D eigenvalue weighted by Crippen LogP contribution is -2.63. The fourth-order valence-corrected chi connectivity index (χ4v) is 3.04. The van der Waals surface area contributed by atoms with E-state index in [0.29, 0.717) is 13.2 Å².